The number of carbonyl (C=O) groups excluding carboxylic acids is 1. The molecule has 0 aliphatic rings. The summed E-state index contributed by atoms with van der Waals surface area (Å²) in [4.78, 5) is 23.4. The molecule has 21 heavy (non-hydrogen) atoms. The van der Waals surface area contributed by atoms with E-state index in [2.05, 4.69) is 20.2 Å². The highest BCUT2D eigenvalue weighted by Gasteiger charge is 2.17. The zero-order valence-corrected chi connectivity index (χ0v) is 13.4. The van der Waals surface area contributed by atoms with Crippen LogP contribution < -0.4 is 5.32 Å². The van der Waals surface area contributed by atoms with Crippen molar-refractivity contribution in [1.82, 2.24) is 14.9 Å². The molecule has 2 aromatic heterocycles. The van der Waals surface area contributed by atoms with E-state index in [9.17, 15) is 4.79 Å². The van der Waals surface area contributed by atoms with Crippen LogP contribution in [0.2, 0.25) is 0 Å². The Balaban J connectivity index is 2.18. The number of aromatic nitrogens is 2. The second-order valence-corrected chi connectivity index (χ2v) is 5.71. The van der Waals surface area contributed by atoms with Gasteiger partial charge in [-0.05, 0) is 34.0 Å². The minimum absolute atomic E-state index is 0.324. The molecule has 0 fully saturated rings. The molecule has 0 radical (unpaired) electrons. The second kappa shape index (κ2) is 7.33. The third kappa shape index (κ3) is 3.89. The Hall–Kier alpha value is -1.73. The largest absolute Gasteiger partial charge is 0.462 e. The van der Waals surface area contributed by atoms with Crippen LogP contribution in [0.4, 0.5) is 5.82 Å². The third-order valence-corrected chi connectivity index (χ3v) is 3.83. The molecular formula is C14H20N4O2S. The smallest absolute Gasteiger partial charge is 0.339 e. The molecule has 0 amide bonds. The maximum atomic E-state index is 12.0. The summed E-state index contributed by atoms with van der Waals surface area (Å²) in [6.07, 6.45) is 2.51. The van der Waals surface area contributed by atoms with Crippen molar-refractivity contribution in [3.63, 3.8) is 0 Å². The molecule has 7 heteroatoms. The fourth-order valence-electron chi connectivity index (χ4n) is 1.97. The zero-order chi connectivity index (χ0) is 15.2. The Morgan fingerprint density at radius 1 is 1.43 bits per heavy atom. The van der Waals surface area contributed by atoms with Crippen molar-refractivity contribution in [2.45, 2.75) is 13.3 Å². The van der Waals surface area contributed by atoms with E-state index in [1.165, 1.54) is 17.7 Å². The molecule has 0 bridgehead atoms. The zero-order valence-electron chi connectivity index (χ0n) is 12.5. The molecule has 6 nitrogen and oxygen atoms in total. The van der Waals surface area contributed by atoms with E-state index in [-0.39, 0.29) is 5.97 Å². The number of thiophene rings is 1. The molecule has 2 aromatic rings. The van der Waals surface area contributed by atoms with Crippen molar-refractivity contribution in [3.8, 4) is 0 Å². The Kier molecular flexibility index (Phi) is 5.46. The monoisotopic (exact) mass is 308 g/mol. The highest BCUT2D eigenvalue weighted by Crippen LogP contribution is 2.29. The summed E-state index contributed by atoms with van der Waals surface area (Å²) in [5.74, 6) is 0.373. The van der Waals surface area contributed by atoms with Crippen LogP contribution in [0.15, 0.2) is 11.7 Å². The lowest BCUT2D eigenvalue weighted by molar-refractivity contribution is 0.0529. The Labute approximate surface area is 128 Å². The lowest BCUT2D eigenvalue weighted by Crippen LogP contribution is -2.17. The molecule has 0 aliphatic carbocycles. The first-order valence-electron chi connectivity index (χ1n) is 6.91. The van der Waals surface area contributed by atoms with Gasteiger partial charge in [0.1, 0.15) is 17.0 Å². The lowest BCUT2D eigenvalue weighted by Gasteiger charge is -2.11. The van der Waals surface area contributed by atoms with Crippen LogP contribution in [0.3, 0.4) is 0 Å². The minimum atomic E-state index is -0.324. The number of nitrogens with zero attached hydrogens (tertiary/aromatic N) is 3. The molecule has 0 saturated carbocycles. The first kappa shape index (κ1) is 15.7. The molecule has 0 unspecified atom stereocenters. The molecule has 0 atom stereocenters. The summed E-state index contributed by atoms with van der Waals surface area (Å²) in [6.45, 7) is 3.94. The lowest BCUT2D eigenvalue weighted by atomic mass is 10.2. The third-order valence-electron chi connectivity index (χ3n) is 2.94. The fraction of sp³-hybridized carbons (Fsp3) is 0.500. The number of rotatable bonds is 7. The molecule has 0 aromatic carbocycles. The highest BCUT2D eigenvalue weighted by atomic mass is 32.1. The summed E-state index contributed by atoms with van der Waals surface area (Å²) in [6, 6.07) is 0. The molecule has 114 valence electrons. The average molecular weight is 308 g/mol. The number of nitrogens with one attached hydrogen (secondary N) is 1. The number of anilines is 1. The molecule has 2 rings (SSSR count). The van der Waals surface area contributed by atoms with Crippen LogP contribution in [-0.2, 0) is 4.74 Å². The molecule has 2 heterocycles. The Morgan fingerprint density at radius 3 is 2.95 bits per heavy atom. The molecule has 1 N–H and O–H groups in total. The molecule has 0 saturated heterocycles. The molecule has 0 aliphatic heterocycles. The van der Waals surface area contributed by atoms with Gasteiger partial charge in [-0.2, -0.15) is 0 Å². The Bertz CT molecular complexity index is 612. The van der Waals surface area contributed by atoms with Crippen LogP contribution in [0.5, 0.6) is 0 Å². The normalized spacial score (nSPS) is 11.0. The van der Waals surface area contributed by atoms with Crippen LogP contribution in [0, 0.1) is 0 Å². The standard InChI is InChI=1S/C14H20N4O2S/c1-4-20-14(19)10-8-21-13-11(10)12(16-9-17-13)15-6-5-7-18(2)3/h8-9H,4-7H2,1-3H3,(H,15,16,17). The van der Waals surface area contributed by atoms with Crippen molar-refractivity contribution in [2.24, 2.45) is 0 Å². The maximum absolute atomic E-state index is 12.0. The maximum Gasteiger partial charge on any atom is 0.339 e. The van der Waals surface area contributed by atoms with E-state index in [1.54, 1.807) is 12.3 Å². The van der Waals surface area contributed by atoms with Gasteiger partial charge in [0.15, 0.2) is 0 Å². The summed E-state index contributed by atoms with van der Waals surface area (Å²) < 4.78 is 5.08. The van der Waals surface area contributed by atoms with Crippen LogP contribution in [0.1, 0.15) is 23.7 Å². The van der Waals surface area contributed by atoms with Crippen molar-refractivity contribution in [3.05, 3.63) is 17.3 Å². The van der Waals surface area contributed by atoms with Gasteiger partial charge in [-0.25, -0.2) is 14.8 Å². The predicted octanol–water partition coefficient (Wildman–Crippen LogP) is 2.23. The van der Waals surface area contributed by atoms with Gasteiger partial charge in [-0.15, -0.1) is 11.3 Å². The summed E-state index contributed by atoms with van der Waals surface area (Å²) in [7, 11) is 4.08. The number of hydrogen-bond acceptors (Lipinski definition) is 7. The van der Waals surface area contributed by atoms with Gasteiger partial charge in [0.05, 0.1) is 17.6 Å². The summed E-state index contributed by atoms with van der Waals surface area (Å²) in [5.41, 5.74) is 0.535. The van der Waals surface area contributed by atoms with Crippen LogP contribution in [0.25, 0.3) is 10.2 Å². The van der Waals surface area contributed by atoms with Crippen molar-refractivity contribution < 1.29 is 9.53 Å². The average Bonchev–Trinajstić information content (AvgIpc) is 2.88. The number of carbonyl (C=O) groups is 1. The number of esters is 1. The van der Waals surface area contributed by atoms with Gasteiger partial charge in [0, 0.05) is 11.9 Å². The fourth-order valence-corrected chi connectivity index (χ4v) is 2.85. The first-order chi connectivity index (χ1) is 10.1. The van der Waals surface area contributed by atoms with Gasteiger partial charge in [0.25, 0.3) is 0 Å². The summed E-state index contributed by atoms with van der Waals surface area (Å²) >= 11 is 1.43. The van der Waals surface area contributed by atoms with E-state index >= 15 is 0 Å². The summed E-state index contributed by atoms with van der Waals surface area (Å²) in [5, 5.41) is 5.82. The minimum Gasteiger partial charge on any atom is -0.462 e. The van der Waals surface area contributed by atoms with Gasteiger partial charge >= 0.3 is 5.97 Å². The van der Waals surface area contributed by atoms with Gasteiger partial charge in [-0.1, -0.05) is 0 Å². The number of fused-ring (bicyclic) bond motifs is 1. The van der Waals surface area contributed by atoms with E-state index in [0.717, 1.165) is 29.7 Å². The molecular weight excluding hydrogens is 288 g/mol. The van der Waals surface area contributed by atoms with Gasteiger partial charge < -0.3 is 15.0 Å². The van der Waals surface area contributed by atoms with Crippen molar-refractivity contribution in [1.29, 1.82) is 0 Å². The van der Waals surface area contributed by atoms with Gasteiger partial charge in [0.2, 0.25) is 0 Å². The topological polar surface area (TPSA) is 67.3 Å². The van der Waals surface area contributed by atoms with E-state index in [1.807, 2.05) is 14.1 Å². The second-order valence-electron chi connectivity index (χ2n) is 4.86. The quantitative estimate of drug-likeness (QED) is 0.625. The van der Waals surface area contributed by atoms with Gasteiger partial charge in [-0.3, -0.25) is 0 Å². The van der Waals surface area contributed by atoms with E-state index in [4.69, 9.17) is 4.74 Å². The van der Waals surface area contributed by atoms with Crippen molar-refractivity contribution in [2.75, 3.05) is 39.1 Å². The first-order valence-corrected chi connectivity index (χ1v) is 7.79. The predicted molar refractivity (Wildman–Crippen MR) is 85.0 cm³/mol. The van der Waals surface area contributed by atoms with E-state index < -0.39 is 0 Å². The SMILES string of the molecule is CCOC(=O)c1csc2ncnc(NCCCN(C)C)c12. The van der Waals surface area contributed by atoms with Crippen LogP contribution >= 0.6 is 11.3 Å². The van der Waals surface area contributed by atoms with E-state index in [0.29, 0.717) is 18.0 Å². The molecule has 0 spiro atoms. The Morgan fingerprint density at radius 2 is 2.24 bits per heavy atom. The highest BCUT2D eigenvalue weighted by molar-refractivity contribution is 7.17. The van der Waals surface area contributed by atoms with Crippen LogP contribution in [-0.4, -0.2) is 54.6 Å². The van der Waals surface area contributed by atoms with Crippen molar-refractivity contribution >= 4 is 33.3 Å². The number of ether oxygens (including phenoxy) is 1. The number of hydrogen-bond donors (Lipinski definition) is 1.